The highest BCUT2D eigenvalue weighted by atomic mass is 14.4. The van der Waals surface area contributed by atoms with Crippen LogP contribution in [-0.2, 0) is 0 Å². The van der Waals surface area contributed by atoms with Crippen molar-refractivity contribution in [3.63, 3.8) is 0 Å². The predicted octanol–water partition coefficient (Wildman–Crippen LogP) is 9.13. The van der Waals surface area contributed by atoms with Crippen molar-refractivity contribution in [1.29, 1.82) is 0 Å². The van der Waals surface area contributed by atoms with Gasteiger partial charge < -0.3 is 0 Å². The van der Waals surface area contributed by atoms with Crippen LogP contribution in [0.5, 0.6) is 0 Å². The molecule has 0 bridgehead atoms. The molecular weight excluding hydrogens is 324 g/mol. The van der Waals surface area contributed by atoms with E-state index in [2.05, 4.69) is 41.5 Å². The molecule has 0 spiro atoms. The largest absolute Gasteiger partial charge is 0.0651 e. The molecule has 0 heterocycles. The molecule has 0 N–H and O–H groups in total. The van der Waals surface area contributed by atoms with E-state index in [-0.39, 0.29) is 0 Å². The van der Waals surface area contributed by atoms with Crippen LogP contribution in [0.2, 0.25) is 0 Å². The smallest absolute Gasteiger partial charge is 0.0386 e. The molecule has 2 aliphatic carbocycles. The molecule has 2 fully saturated rings. The average Bonchev–Trinajstić information content (AvgIpc) is 2.70. The lowest BCUT2D eigenvalue weighted by molar-refractivity contribution is 0.110. The van der Waals surface area contributed by atoms with E-state index in [1.165, 1.54) is 57.8 Å². The van der Waals surface area contributed by atoms with Crippen LogP contribution >= 0.6 is 0 Å². The zero-order valence-corrected chi connectivity index (χ0v) is 19.8. The molecule has 0 aliphatic heterocycles. The molecule has 2 saturated carbocycles. The fourth-order valence-electron chi connectivity index (χ4n) is 6.19. The Bertz CT molecular complexity index is 367. The second-order valence-corrected chi connectivity index (χ2v) is 11.4. The highest BCUT2D eigenvalue weighted by Gasteiger charge is 2.33. The Morgan fingerprint density at radius 3 is 1.33 bits per heavy atom. The van der Waals surface area contributed by atoms with Crippen LogP contribution in [0, 0.1) is 47.3 Å². The van der Waals surface area contributed by atoms with Gasteiger partial charge in [0.2, 0.25) is 0 Å². The molecule has 3 atom stereocenters. The van der Waals surface area contributed by atoms with Crippen LogP contribution in [0.3, 0.4) is 0 Å². The first-order chi connectivity index (χ1) is 12.9. The van der Waals surface area contributed by atoms with Gasteiger partial charge >= 0.3 is 0 Å². The third kappa shape index (κ3) is 7.74. The first-order valence-electron chi connectivity index (χ1n) is 12.9. The topological polar surface area (TPSA) is 0 Å². The van der Waals surface area contributed by atoms with Crippen molar-refractivity contribution >= 4 is 0 Å². The molecule has 0 aromatic rings. The summed E-state index contributed by atoms with van der Waals surface area (Å²) in [5.74, 6) is 7.99. The first kappa shape index (κ1) is 23.3. The van der Waals surface area contributed by atoms with Gasteiger partial charge in [-0.2, -0.15) is 0 Å². The molecule has 2 aliphatic rings. The Kier molecular flexibility index (Phi) is 10.2. The van der Waals surface area contributed by atoms with Gasteiger partial charge in [-0.25, -0.2) is 0 Å². The number of rotatable bonds is 10. The third-order valence-electron chi connectivity index (χ3n) is 8.92. The lowest BCUT2D eigenvalue weighted by Gasteiger charge is -2.40. The average molecular weight is 377 g/mol. The Morgan fingerprint density at radius 1 is 0.556 bits per heavy atom. The molecule has 0 nitrogen and oxygen atoms in total. The first-order valence-corrected chi connectivity index (χ1v) is 12.9. The van der Waals surface area contributed by atoms with Gasteiger partial charge in [0.25, 0.3) is 0 Å². The van der Waals surface area contributed by atoms with Crippen LogP contribution in [0.4, 0.5) is 0 Å². The SMILES string of the molecule is CCC(C)CCC(C)C1CCC(C2CCC(C(C)CCC(C)C)CC2)CC1. The molecule has 0 aromatic heterocycles. The van der Waals surface area contributed by atoms with E-state index in [9.17, 15) is 0 Å². The van der Waals surface area contributed by atoms with Gasteiger partial charge in [-0.1, -0.05) is 73.6 Å². The van der Waals surface area contributed by atoms with E-state index in [1.54, 1.807) is 25.7 Å². The van der Waals surface area contributed by atoms with Gasteiger partial charge in [-0.15, -0.1) is 0 Å². The summed E-state index contributed by atoms with van der Waals surface area (Å²) in [5, 5.41) is 0. The highest BCUT2D eigenvalue weighted by molar-refractivity contribution is 4.84. The molecule has 3 unspecified atom stereocenters. The van der Waals surface area contributed by atoms with Crippen LogP contribution in [-0.4, -0.2) is 0 Å². The Morgan fingerprint density at radius 2 is 0.963 bits per heavy atom. The van der Waals surface area contributed by atoms with Crippen LogP contribution < -0.4 is 0 Å². The van der Waals surface area contributed by atoms with Crippen molar-refractivity contribution in [2.24, 2.45) is 47.3 Å². The van der Waals surface area contributed by atoms with Gasteiger partial charge in [0.05, 0.1) is 0 Å². The van der Waals surface area contributed by atoms with Crippen LogP contribution in [0.25, 0.3) is 0 Å². The molecular formula is C27H52. The minimum atomic E-state index is 0.881. The van der Waals surface area contributed by atoms with Crippen molar-refractivity contribution in [3.8, 4) is 0 Å². The molecule has 0 amide bonds. The second kappa shape index (κ2) is 11.9. The van der Waals surface area contributed by atoms with E-state index in [4.69, 9.17) is 0 Å². The van der Waals surface area contributed by atoms with Gasteiger partial charge in [-0.3, -0.25) is 0 Å². The molecule has 160 valence electrons. The maximum Gasteiger partial charge on any atom is -0.0386 e. The summed E-state index contributed by atoms with van der Waals surface area (Å²) >= 11 is 0. The maximum atomic E-state index is 2.55. The summed E-state index contributed by atoms with van der Waals surface area (Å²) in [4.78, 5) is 0. The van der Waals surface area contributed by atoms with Crippen LogP contribution in [0.1, 0.15) is 125 Å². The minimum Gasteiger partial charge on any atom is -0.0651 e. The summed E-state index contributed by atoms with van der Waals surface area (Å²) in [6.07, 6.45) is 19.5. The predicted molar refractivity (Wildman–Crippen MR) is 122 cm³/mol. The van der Waals surface area contributed by atoms with Crippen LogP contribution in [0.15, 0.2) is 0 Å². The minimum absolute atomic E-state index is 0.881. The van der Waals surface area contributed by atoms with Crippen molar-refractivity contribution < 1.29 is 0 Å². The summed E-state index contributed by atoms with van der Waals surface area (Å²) in [5.41, 5.74) is 0. The van der Waals surface area contributed by atoms with Gasteiger partial charge in [-0.05, 0) is 98.7 Å². The summed E-state index contributed by atoms with van der Waals surface area (Å²) in [6.45, 7) is 14.6. The van der Waals surface area contributed by atoms with E-state index in [0.717, 1.165) is 47.3 Å². The second-order valence-electron chi connectivity index (χ2n) is 11.4. The van der Waals surface area contributed by atoms with Gasteiger partial charge in [0.1, 0.15) is 0 Å². The molecule has 0 aromatic carbocycles. The fourth-order valence-corrected chi connectivity index (χ4v) is 6.19. The zero-order chi connectivity index (χ0) is 19.8. The molecule has 27 heavy (non-hydrogen) atoms. The Hall–Kier alpha value is 0. The normalized spacial score (nSPS) is 33.0. The molecule has 2 rings (SSSR count). The maximum absolute atomic E-state index is 2.55. The van der Waals surface area contributed by atoms with Gasteiger partial charge in [0, 0.05) is 0 Å². The molecule has 0 radical (unpaired) electrons. The third-order valence-corrected chi connectivity index (χ3v) is 8.92. The Labute approximate surface area is 172 Å². The zero-order valence-electron chi connectivity index (χ0n) is 19.8. The lowest BCUT2D eigenvalue weighted by Crippen LogP contribution is -2.29. The molecule has 0 saturated heterocycles. The quantitative estimate of drug-likeness (QED) is 0.356. The molecule has 0 heteroatoms. The van der Waals surface area contributed by atoms with E-state index < -0.39 is 0 Å². The number of hydrogen-bond donors (Lipinski definition) is 0. The van der Waals surface area contributed by atoms with Crippen molar-refractivity contribution in [2.75, 3.05) is 0 Å². The standard InChI is InChI=1S/C27H52/c1-7-21(4)9-11-23(6)25-14-18-27(19-15-25)26-16-12-24(13-17-26)22(5)10-8-20(2)3/h20-27H,7-19H2,1-6H3. The summed E-state index contributed by atoms with van der Waals surface area (Å²) in [7, 11) is 0. The van der Waals surface area contributed by atoms with E-state index in [1.807, 2.05) is 0 Å². The summed E-state index contributed by atoms with van der Waals surface area (Å²) < 4.78 is 0. The number of hydrogen-bond acceptors (Lipinski definition) is 0. The monoisotopic (exact) mass is 376 g/mol. The Balaban J connectivity index is 1.65. The van der Waals surface area contributed by atoms with Gasteiger partial charge in [0.15, 0.2) is 0 Å². The van der Waals surface area contributed by atoms with Crippen molar-refractivity contribution in [1.82, 2.24) is 0 Å². The van der Waals surface area contributed by atoms with Crippen molar-refractivity contribution in [2.45, 2.75) is 125 Å². The van der Waals surface area contributed by atoms with E-state index >= 15 is 0 Å². The lowest BCUT2D eigenvalue weighted by atomic mass is 9.65. The van der Waals surface area contributed by atoms with Crippen molar-refractivity contribution in [3.05, 3.63) is 0 Å². The summed E-state index contributed by atoms with van der Waals surface area (Å²) in [6, 6.07) is 0. The fraction of sp³-hybridized carbons (Fsp3) is 1.00. The highest BCUT2D eigenvalue weighted by Crippen LogP contribution is 2.45. The van der Waals surface area contributed by atoms with E-state index in [0.29, 0.717) is 0 Å².